The second-order valence-electron chi connectivity index (χ2n) is 5.44. The van der Waals surface area contributed by atoms with Gasteiger partial charge >= 0.3 is 0 Å². The molecule has 1 aromatic carbocycles. The molecule has 0 bridgehead atoms. The van der Waals surface area contributed by atoms with Crippen LogP contribution in [0, 0.1) is 5.92 Å². The predicted molar refractivity (Wildman–Crippen MR) is 79.9 cm³/mol. The summed E-state index contributed by atoms with van der Waals surface area (Å²) in [5.74, 6) is -0.247. The fraction of sp³-hybridized carbons (Fsp3) is 0.533. The van der Waals surface area contributed by atoms with Gasteiger partial charge in [-0.25, -0.2) is 8.42 Å². The summed E-state index contributed by atoms with van der Waals surface area (Å²) in [6.45, 7) is 4.30. The van der Waals surface area contributed by atoms with Crippen molar-refractivity contribution in [3.8, 4) is 0 Å². The van der Waals surface area contributed by atoms with E-state index in [1.807, 2.05) is 0 Å². The molecular formula is C15H21NO4S. The van der Waals surface area contributed by atoms with Crippen LogP contribution in [0.15, 0.2) is 29.2 Å². The number of hydrogen-bond donors (Lipinski definition) is 1. The van der Waals surface area contributed by atoms with Gasteiger partial charge in [0.2, 0.25) is 0 Å². The van der Waals surface area contributed by atoms with Crippen molar-refractivity contribution < 1.29 is 18.3 Å². The van der Waals surface area contributed by atoms with Gasteiger partial charge in [-0.15, -0.1) is 0 Å². The first-order valence-electron chi connectivity index (χ1n) is 7.16. The molecule has 2 rings (SSSR count). The molecule has 1 aliphatic rings. The molecule has 0 aliphatic carbocycles. The summed E-state index contributed by atoms with van der Waals surface area (Å²) >= 11 is 0. The maximum atomic E-state index is 12.6. The molecule has 1 aromatic rings. The number of rotatable bonds is 4. The third-order valence-corrected chi connectivity index (χ3v) is 5.81. The largest absolute Gasteiger partial charge is 0.393 e. The normalized spacial score (nSPS) is 20.5. The van der Waals surface area contributed by atoms with Crippen LogP contribution in [-0.4, -0.2) is 49.3 Å². The molecule has 2 unspecified atom stereocenters. The standard InChI is InChI=1S/C15H21NO4S/c1-3-21(19,20)14-7-5-4-6-13(14)15(18)16-9-8-12(10-16)11(2)17/h4-7,11-12,17H,3,8-10H2,1-2H3. The van der Waals surface area contributed by atoms with E-state index in [4.69, 9.17) is 0 Å². The van der Waals surface area contributed by atoms with Crippen molar-refractivity contribution in [3.63, 3.8) is 0 Å². The van der Waals surface area contributed by atoms with Gasteiger partial charge < -0.3 is 10.0 Å². The van der Waals surface area contributed by atoms with Gasteiger partial charge in [0.25, 0.3) is 5.91 Å². The Morgan fingerprint density at radius 1 is 1.43 bits per heavy atom. The summed E-state index contributed by atoms with van der Waals surface area (Å²) in [6.07, 6.45) is 0.281. The minimum Gasteiger partial charge on any atom is -0.393 e. The van der Waals surface area contributed by atoms with Crippen molar-refractivity contribution in [3.05, 3.63) is 29.8 Å². The molecule has 2 atom stereocenters. The van der Waals surface area contributed by atoms with Crippen LogP contribution in [0.4, 0.5) is 0 Å². The molecule has 1 saturated heterocycles. The summed E-state index contributed by atoms with van der Waals surface area (Å²) in [7, 11) is -3.43. The van der Waals surface area contributed by atoms with Crippen LogP contribution in [0.3, 0.4) is 0 Å². The number of aliphatic hydroxyl groups excluding tert-OH is 1. The summed E-state index contributed by atoms with van der Waals surface area (Å²) in [5, 5.41) is 9.61. The smallest absolute Gasteiger partial charge is 0.255 e. The fourth-order valence-corrected chi connectivity index (χ4v) is 3.69. The highest BCUT2D eigenvalue weighted by Gasteiger charge is 2.31. The molecule has 116 valence electrons. The third-order valence-electron chi connectivity index (χ3n) is 4.03. The average molecular weight is 311 g/mol. The Labute approximate surface area is 125 Å². The first kappa shape index (κ1) is 16.0. The van der Waals surface area contributed by atoms with Crippen molar-refractivity contribution in [2.45, 2.75) is 31.3 Å². The van der Waals surface area contributed by atoms with E-state index in [2.05, 4.69) is 0 Å². The lowest BCUT2D eigenvalue weighted by molar-refractivity contribution is 0.0758. The van der Waals surface area contributed by atoms with Gasteiger partial charge in [-0.05, 0) is 25.5 Å². The lowest BCUT2D eigenvalue weighted by Crippen LogP contribution is -2.31. The zero-order valence-electron chi connectivity index (χ0n) is 12.3. The second kappa shape index (κ2) is 6.15. The van der Waals surface area contributed by atoms with Crippen molar-refractivity contribution in [1.82, 2.24) is 4.90 Å². The van der Waals surface area contributed by atoms with Crippen LogP contribution in [-0.2, 0) is 9.84 Å². The van der Waals surface area contributed by atoms with Crippen molar-refractivity contribution in [1.29, 1.82) is 0 Å². The minimum absolute atomic E-state index is 0.0341. The van der Waals surface area contributed by atoms with Crippen LogP contribution < -0.4 is 0 Å². The summed E-state index contributed by atoms with van der Waals surface area (Å²) < 4.78 is 24.2. The Balaban J connectivity index is 2.29. The van der Waals surface area contributed by atoms with E-state index in [-0.39, 0.29) is 28.0 Å². The molecule has 0 spiro atoms. The molecule has 0 radical (unpaired) electrons. The fourth-order valence-electron chi connectivity index (χ4n) is 2.61. The highest BCUT2D eigenvalue weighted by atomic mass is 32.2. The van der Waals surface area contributed by atoms with Gasteiger partial charge in [-0.2, -0.15) is 0 Å². The van der Waals surface area contributed by atoms with Crippen molar-refractivity contribution >= 4 is 15.7 Å². The number of hydrogen-bond acceptors (Lipinski definition) is 4. The third kappa shape index (κ3) is 3.27. The van der Waals surface area contributed by atoms with Gasteiger partial charge in [0.05, 0.1) is 22.3 Å². The number of benzene rings is 1. The molecule has 1 amide bonds. The number of amides is 1. The molecule has 6 heteroatoms. The van der Waals surface area contributed by atoms with E-state index in [0.717, 1.165) is 6.42 Å². The van der Waals surface area contributed by atoms with Crippen LogP contribution >= 0.6 is 0 Å². The second-order valence-corrected chi connectivity index (χ2v) is 7.69. The Bertz CT molecular complexity index is 624. The van der Waals surface area contributed by atoms with E-state index in [1.54, 1.807) is 36.9 Å². The quantitative estimate of drug-likeness (QED) is 0.910. The molecule has 1 N–H and O–H groups in total. The Hall–Kier alpha value is -1.40. The summed E-state index contributed by atoms with van der Waals surface area (Å²) in [4.78, 5) is 14.3. The van der Waals surface area contributed by atoms with E-state index in [1.165, 1.54) is 6.07 Å². The summed E-state index contributed by atoms with van der Waals surface area (Å²) in [5.41, 5.74) is 0.227. The van der Waals surface area contributed by atoms with Crippen LogP contribution in [0.5, 0.6) is 0 Å². The maximum absolute atomic E-state index is 12.6. The molecule has 0 saturated carbocycles. The maximum Gasteiger partial charge on any atom is 0.255 e. The number of aliphatic hydroxyl groups is 1. The Kier molecular flexibility index (Phi) is 4.68. The van der Waals surface area contributed by atoms with Gasteiger partial charge in [0.1, 0.15) is 0 Å². The molecule has 5 nitrogen and oxygen atoms in total. The molecule has 21 heavy (non-hydrogen) atoms. The molecule has 1 fully saturated rings. The lowest BCUT2D eigenvalue weighted by atomic mass is 10.0. The van der Waals surface area contributed by atoms with E-state index < -0.39 is 15.9 Å². The highest BCUT2D eigenvalue weighted by Crippen LogP contribution is 2.24. The molecular weight excluding hydrogens is 290 g/mol. The predicted octanol–water partition coefficient (Wildman–Crippen LogP) is 1.32. The number of sulfone groups is 1. The molecule has 0 aromatic heterocycles. The first-order chi connectivity index (χ1) is 9.86. The number of carbonyl (C=O) groups excluding carboxylic acids is 1. The Morgan fingerprint density at radius 2 is 2.10 bits per heavy atom. The average Bonchev–Trinajstić information content (AvgIpc) is 2.96. The first-order valence-corrected chi connectivity index (χ1v) is 8.81. The van der Waals surface area contributed by atoms with Gasteiger partial charge in [-0.3, -0.25) is 4.79 Å². The highest BCUT2D eigenvalue weighted by molar-refractivity contribution is 7.91. The molecule has 1 aliphatic heterocycles. The van der Waals surface area contributed by atoms with Crippen LogP contribution in [0.1, 0.15) is 30.6 Å². The SMILES string of the molecule is CCS(=O)(=O)c1ccccc1C(=O)N1CCC(C(C)O)C1. The van der Waals surface area contributed by atoms with Gasteiger partial charge in [-0.1, -0.05) is 19.1 Å². The van der Waals surface area contributed by atoms with Crippen molar-refractivity contribution in [2.24, 2.45) is 5.92 Å². The number of likely N-dealkylation sites (tertiary alicyclic amines) is 1. The van der Waals surface area contributed by atoms with E-state index >= 15 is 0 Å². The topological polar surface area (TPSA) is 74.7 Å². The number of nitrogens with zero attached hydrogens (tertiary/aromatic N) is 1. The van der Waals surface area contributed by atoms with Crippen LogP contribution in [0.25, 0.3) is 0 Å². The summed E-state index contributed by atoms with van der Waals surface area (Å²) in [6, 6.07) is 6.33. The minimum atomic E-state index is -3.43. The van der Waals surface area contributed by atoms with E-state index in [0.29, 0.717) is 13.1 Å². The number of carbonyl (C=O) groups is 1. The Morgan fingerprint density at radius 3 is 2.67 bits per heavy atom. The molecule has 1 heterocycles. The van der Waals surface area contributed by atoms with Crippen molar-refractivity contribution in [2.75, 3.05) is 18.8 Å². The zero-order chi connectivity index (χ0) is 15.6. The van der Waals surface area contributed by atoms with Crippen LogP contribution in [0.2, 0.25) is 0 Å². The zero-order valence-corrected chi connectivity index (χ0v) is 13.1. The monoisotopic (exact) mass is 311 g/mol. The lowest BCUT2D eigenvalue weighted by Gasteiger charge is -2.19. The van der Waals surface area contributed by atoms with Gasteiger partial charge in [0, 0.05) is 19.0 Å². The van der Waals surface area contributed by atoms with Gasteiger partial charge in [0.15, 0.2) is 9.84 Å². The van der Waals surface area contributed by atoms with E-state index in [9.17, 15) is 18.3 Å².